The molecule has 2 aromatic carbocycles. The summed E-state index contributed by atoms with van der Waals surface area (Å²) in [7, 11) is 0. The summed E-state index contributed by atoms with van der Waals surface area (Å²) < 4.78 is 21.4. The Labute approximate surface area is 163 Å². The molecule has 0 spiro atoms. The van der Waals surface area contributed by atoms with E-state index in [2.05, 4.69) is 15.9 Å². The first kappa shape index (κ1) is 18.7. The van der Waals surface area contributed by atoms with Crippen LogP contribution in [0.25, 0.3) is 0 Å². The fourth-order valence-electron chi connectivity index (χ4n) is 2.16. The minimum absolute atomic E-state index is 0.0490. The number of esters is 2. The van der Waals surface area contributed by atoms with E-state index in [0.29, 0.717) is 10.4 Å². The van der Waals surface area contributed by atoms with E-state index in [1.54, 1.807) is 24.3 Å². The average Bonchev–Trinajstić information content (AvgIpc) is 3.13. The summed E-state index contributed by atoms with van der Waals surface area (Å²) in [6.07, 6.45) is 0. The van der Waals surface area contributed by atoms with Crippen LogP contribution in [0, 0.1) is 0 Å². The first-order valence-electron chi connectivity index (χ1n) is 8.04. The van der Waals surface area contributed by atoms with Crippen molar-refractivity contribution in [2.45, 2.75) is 0 Å². The normalized spacial score (nSPS) is 10.3. The van der Waals surface area contributed by atoms with Gasteiger partial charge in [0.05, 0.1) is 5.56 Å². The number of ether oxygens (including phenoxy) is 3. The molecule has 27 heavy (non-hydrogen) atoms. The van der Waals surface area contributed by atoms with Crippen molar-refractivity contribution in [3.8, 4) is 11.5 Å². The van der Waals surface area contributed by atoms with E-state index < -0.39 is 11.9 Å². The zero-order chi connectivity index (χ0) is 19.1. The topological polar surface area (TPSA) is 75.0 Å². The van der Waals surface area contributed by atoms with Crippen LogP contribution in [0.5, 0.6) is 11.5 Å². The van der Waals surface area contributed by atoms with Crippen LogP contribution in [0.1, 0.15) is 20.9 Å². The van der Waals surface area contributed by atoms with Gasteiger partial charge in [0.15, 0.2) is 4.67 Å². The summed E-state index contributed by atoms with van der Waals surface area (Å²) in [6.45, 7) is 0.329. The molecule has 0 aliphatic carbocycles. The lowest BCUT2D eigenvalue weighted by Crippen LogP contribution is -2.13. The van der Waals surface area contributed by atoms with Gasteiger partial charge in [0.25, 0.3) is 0 Å². The van der Waals surface area contributed by atoms with Crippen molar-refractivity contribution in [2.75, 3.05) is 13.2 Å². The van der Waals surface area contributed by atoms with Gasteiger partial charge in [0, 0.05) is 0 Å². The third-order valence-corrected chi connectivity index (χ3v) is 3.81. The molecule has 0 radical (unpaired) electrons. The minimum Gasteiger partial charge on any atom is -0.490 e. The maximum Gasteiger partial charge on any atom is 0.379 e. The number of para-hydroxylation sites is 1. The van der Waals surface area contributed by atoms with E-state index in [1.165, 1.54) is 12.1 Å². The van der Waals surface area contributed by atoms with Gasteiger partial charge in [0.1, 0.15) is 24.7 Å². The number of furan rings is 1. The van der Waals surface area contributed by atoms with Crippen molar-refractivity contribution in [1.29, 1.82) is 0 Å². The van der Waals surface area contributed by atoms with Crippen LogP contribution in [-0.2, 0) is 4.74 Å². The van der Waals surface area contributed by atoms with Crippen LogP contribution >= 0.6 is 15.9 Å². The molecule has 0 bridgehead atoms. The fraction of sp³-hybridized carbons (Fsp3) is 0.100. The Morgan fingerprint density at radius 2 is 1.63 bits per heavy atom. The third kappa shape index (κ3) is 5.46. The van der Waals surface area contributed by atoms with E-state index in [1.807, 2.05) is 30.3 Å². The Kier molecular flexibility index (Phi) is 6.27. The van der Waals surface area contributed by atoms with E-state index >= 15 is 0 Å². The highest BCUT2D eigenvalue weighted by Gasteiger charge is 2.15. The molecule has 3 aromatic rings. The Morgan fingerprint density at radius 1 is 0.852 bits per heavy atom. The second-order valence-electron chi connectivity index (χ2n) is 5.32. The van der Waals surface area contributed by atoms with E-state index in [0.717, 1.165) is 0 Å². The SMILES string of the molecule is O=C(OCCOc1ccccc1)c1cccc(OC(=O)c2ccc(Br)o2)c1. The second kappa shape index (κ2) is 9.05. The molecule has 0 aliphatic rings. The number of carbonyl (C=O) groups is 2. The lowest BCUT2D eigenvalue weighted by molar-refractivity contribution is 0.0449. The monoisotopic (exact) mass is 430 g/mol. The fourth-order valence-corrected chi connectivity index (χ4v) is 2.47. The van der Waals surface area contributed by atoms with Crippen LogP contribution in [0.4, 0.5) is 0 Å². The third-order valence-electron chi connectivity index (χ3n) is 3.38. The van der Waals surface area contributed by atoms with E-state index in [9.17, 15) is 9.59 Å². The van der Waals surface area contributed by atoms with Crippen LogP contribution in [0.2, 0.25) is 0 Å². The average molecular weight is 431 g/mol. The van der Waals surface area contributed by atoms with Crippen molar-refractivity contribution in [3.05, 3.63) is 82.7 Å². The summed E-state index contributed by atoms with van der Waals surface area (Å²) in [4.78, 5) is 24.1. The summed E-state index contributed by atoms with van der Waals surface area (Å²) in [5, 5.41) is 0. The van der Waals surface area contributed by atoms with Gasteiger partial charge in [-0.15, -0.1) is 0 Å². The summed E-state index contributed by atoms with van der Waals surface area (Å²) in [5.74, 6) is -0.241. The second-order valence-corrected chi connectivity index (χ2v) is 6.10. The molecule has 0 aliphatic heterocycles. The van der Waals surface area contributed by atoms with Crippen LogP contribution in [0.3, 0.4) is 0 Å². The van der Waals surface area contributed by atoms with Gasteiger partial charge in [-0.25, -0.2) is 9.59 Å². The van der Waals surface area contributed by atoms with Crippen molar-refractivity contribution in [1.82, 2.24) is 0 Å². The van der Waals surface area contributed by atoms with Gasteiger partial charge in [-0.3, -0.25) is 0 Å². The predicted octanol–water partition coefficient (Wildman–Crippen LogP) is 4.50. The standard InChI is InChI=1S/C20H15BrO6/c21-18-10-9-17(27-18)20(23)26-16-8-4-5-14(13-16)19(22)25-12-11-24-15-6-2-1-3-7-15/h1-10,13H,11-12H2. The van der Waals surface area contributed by atoms with Crippen LogP contribution in [-0.4, -0.2) is 25.2 Å². The Morgan fingerprint density at radius 3 is 2.37 bits per heavy atom. The molecular formula is C20H15BrO6. The van der Waals surface area contributed by atoms with Crippen molar-refractivity contribution >= 4 is 27.9 Å². The van der Waals surface area contributed by atoms with E-state index in [-0.39, 0.29) is 30.3 Å². The maximum atomic E-state index is 12.1. The van der Waals surface area contributed by atoms with Crippen molar-refractivity contribution in [3.63, 3.8) is 0 Å². The summed E-state index contributed by atoms with van der Waals surface area (Å²) >= 11 is 3.12. The largest absolute Gasteiger partial charge is 0.490 e. The zero-order valence-electron chi connectivity index (χ0n) is 14.1. The zero-order valence-corrected chi connectivity index (χ0v) is 15.7. The highest BCUT2D eigenvalue weighted by Crippen LogP contribution is 2.19. The van der Waals surface area contributed by atoms with Crippen molar-refractivity contribution < 1.29 is 28.2 Å². The molecule has 0 saturated carbocycles. The highest BCUT2D eigenvalue weighted by atomic mass is 79.9. The van der Waals surface area contributed by atoms with Crippen LogP contribution in [0.15, 0.2) is 75.8 Å². The number of hydrogen-bond acceptors (Lipinski definition) is 6. The van der Waals surface area contributed by atoms with Crippen molar-refractivity contribution in [2.24, 2.45) is 0 Å². The number of benzene rings is 2. The minimum atomic E-state index is -0.664. The maximum absolute atomic E-state index is 12.1. The molecule has 1 heterocycles. The summed E-state index contributed by atoms with van der Waals surface area (Å²) in [6, 6.07) is 18.5. The molecule has 0 amide bonds. The van der Waals surface area contributed by atoms with Gasteiger partial charge in [-0.05, 0) is 58.4 Å². The summed E-state index contributed by atoms with van der Waals surface area (Å²) in [5.41, 5.74) is 0.264. The van der Waals surface area contributed by atoms with Gasteiger partial charge < -0.3 is 18.6 Å². The molecule has 138 valence electrons. The number of carbonyl (C=O) groups excluding carboxylic acids is 2. The molecule has 0 N–H and O–H groups in total. The molecule has 7 heteroatoms. The van der Waals surface area contributed by atoms with Gasteiger partial charge in [-0.1, -0.05) is 24.3 Å². The molecule has 0 unspecified atom stereocenters. The Balaban J connectivity index is 1.51. The lowest BCUT2D eigenvalue weighted by Gasteiger charge is -2.08. The van der Waals surface area contributed by atoms with Gasteiger partial charge in [-0.2, -0.15) is 0 Å². The smallest absolute Gasteiger partial charge is 0.379 e. The first-order valence-corrected chi connectivity index (χ1v) is 8.84. The highest BCUT2D eigenvalue weighted by molar-refractivity contribution is 9.10. The predicted molar refractivity (Wildman–Crippen MR) is 100 cm³/mol. The Hall–Kier alpha value is -3.06. The molecule has 0 saturated heterocycles. The quantitative estimate of drug-likeness (QED) is 0.312. The number of halogens is 1. The molecule has 0 atom stereocenters. The number of rotatable bonds is 7. The number of hydrogen-bond donors (Lipinski definition) is 0. The Bertz CT molecular complexity index is 919. The molecule has 1 aromatic heterocycles. The molecular weight excluding hydrogens is 416 g/mol. The van der Waals surface area contributed by atoms with Crippen LogP contribution < -0.4 is 9.47 Å². The van der Waals surface area contributed by atoms with E-state index in [4.69, 9.17) is 18.6 Å². The van der Waals surface area contributed by atoms with Gasteiger partial charge in [0.2, 0.25) is 5.76 Å². The molecule has 6 nitrogen and oxygen atoms in total. The lowest BCUT2D eigenvalue weighted by atomic mass is 10.2. The molecule has 0 fully saturated rings. The van der Waals surface area contributed by atoms with Gasteiger partial charge >= 0.3 is 11.9 Å². The first-order chi connectivity index (χ1) is 13.1. The molecule has 3 rings (SSSR count).